The molecule has 6 nitrogen and oxygen atoms in total. The number of unbranched alkanes of at least 4 members (excludes halogenated alkanes) is 2. The summed E-state index contributed by atoms with van der Waals surface area (Å²) >= 11 is 0. The molecule has 1 atom stereocenters. The van der Waals surface area contributed by atoms with Crippen LogP contribution < -0.4 is 0 Å². The molecule has 0 saturated heterocycles. The number of hydrogen-bond acceptors (Lipinski definition) is 5. The predicted octanol–water partition coefficient (Wildman–Crippen LogP) is 2.82. The number of pyridine rings is 1. The van der Waals surface area contributed by atoms with Crippen LogP contribution in [0.4, 0.5) is 0 Å². The summed E-state index contributed by atoms with van der Waals surface area (Å²) in [6.45, 7) is 5.02. The van der Waals surface area contributed by atoms with E-state index in [0.29, 0.717) is 10.9 Å². The standard InChI is InChI=1S/C17H21N5OS/c1-13-14(2)20-11-15-16(13)22(12-21-15)9-4-3-5-10-24(23)17-18-7-6-8-19-17/h6-8,11-12H,3-5,9-10H2,1-2H3. The molecule has 0 saturated carbocycles. The number of rotatable bonds is 7. The summed E-state index contributed by atoms with van der Waals surface area (Å²) in [5, 5.41) is 0.428. The van der Waals surface area contributed by atoms with Gasteiger partial charge in [0.15, 0.2) is 0 Å². The van der Waals surface area contributed by atoms with Crippen LogP contribution >= 0.6 is 0 Å². The van der Waals surface area contributed by atoms with E-state index in [-0.39, 0.29) is 0 Å². The van der Waals surface area contributed by atoms with Gasteiger partial charge in [-0.2, -0.15) is 0 Å². The first-order valence-corrected chi connectivity index (χ1v) is 9.41. The number of hydrogen-bond donors (Lipinski definition) is 0. The minimum Gasteiger partial charge on any atom is -0.330 e. The second-order valence-corrected chi connectivity index (χ2v) is 7.25. The molecule has 0 aliphatic rings. The van der Waals surface area contributed by atoms with E-state index in [1.54, 1.807) is 18.5 Å². The zero-order valence-corrected chi connectivity index (χ0v) is 14.8. The molecule has 1 unspecified atom stereocenters. The smallest absolute Gasteiger partial charge is 0.218 e. The van der Waals surface area contributed by atoms with E-state index >= 15 is 0 Å². The van der Waals surface area contributed by atoms with Crippen LogP contribution in [0, 0.1) is 13.8 Å². The fraction of sp³-hybridized carbons (Fsp3) is 0.412. The average Bonchev–Trinajstić information content (AvgIpc) is 3.02. The van der Waals surface area contributed by atoms with Crippen molar-refractivity contribution < 1.29 is 4.21 Å². The van der Waals surface area contributed by atoms with Crippen molar-refractivity contribution in [1.82, 2.24) is 24.5 Å². The molecule has 0 N–H and O–H groups in total. The first kappa shape index (κ1) is 16.7. The van der Waals surface area contributed by atoms with Gasteiger partial charge in [-0.25, -0.2) is 15.0 Å². The molecule has 0 amide bonds. The van der Waals surface area contributed by atoms with Crippen molar-refractivity contribution in [2.75, 3.05) is 5.75 Å². The summed E-state index contributed by atoms with van der Waals surface area (Å²) in [6.07, 6.45) is 9.91. The molecule has 0 aromatic carbocycles. The normalized spacial score (nSPS) is 12.6. The van der Waals surface area contributed by atoms with E-state index < -0.39 is 10.8 Å². The summed E-state index contributed by atoms with van der Waals surface area (Å²) in [5.41, 5.74) is 4.35. The SMILES string of the molecule is Cc1ncc2ncn(CCCCCS(=O)c3ncccn3)c2c1C. The fourth-order valence-corrected chi connectivity index (χ4v) is 3.69. The van der Waals surface area contributed by atoms with Crippen molar-refractivity contribution in [2.24, 2.45) is 0 Å². The van der Waals surface area contributed by atoms with E-state index in [9.17, 15) is 4.21 Å². The summed E-state index contributed by atoms with van der Waals surface area (Å²) < 4.78 is 14.2. The van der Waals surface area contributed by atoms with Crippen LogP contribution in [0.5, 0.6) is 0 Å². The van der Waals surface area contributed by atoms with Gasteiger partial charge in [0.25, 0.3) is 0 Å². The van der Waals surface area contributed by atoms with Gasteiger partial charge in [0.1, 0.15) is 5.52 Å². The van der Waals surface area contributed by atoms with Crippen molar-refractivity contribution in [1.29, 1.82) is 0 Å². The maximum atomic E-state index is 12.1. The molecule has 126 valence electrons. The molecule has 0 aliphatic carbocycles. The van der Waals surface area contributed by atoms with Crippen LogP contribution in [-0.4, -0.2) is 34.5 Å². The van der Waals surface area contributed by atoms with Crippen LogP contribution in [0.3, 0.4) is 0 Å². The Morgan fingerprint density at radius 3 is 2.62 bits per heavy atom. The molecule has 0 aliphatic heterocycles. The van der Waals surface area contributed by atoms with Crippen LogP contribution in [0.1, 0.15) is 30.5 Å². The number of nitrogens with zero attached hydrogens (tertiary/aromatic N) is 5. The summed E-state index contributed by atoms with van der Waals surface area (Å²) in [4.78, 5) is 16.9. The second kappa shape index (κ2) is 7.61. The molecule has 3 rings (SSSR count). The van der Waals surface area contributed by atoms with Gasteiger partial charge in [0, 0.05) is 30.4 Å². The van der Waals surface area contributed by atoms with Crippen LogP contribution in [0.2, 0.25) is 0 Å². The van der Waals surface area contributed by atoms with Crippen LogP contribution in [0.15, 0.2) is 36.1 Å². The monoisotopic (exact) mass is 343 g/mol. The number of aromatic nitrogens is 5. The topological polar surface area (TPSA) is 73.6 Å². The van der Waals surface area contributed by atoms with Gasteiger partial charge in [0.2, 0.25) is 5.16 Å². The van der Waals surface area contributed by atoms with Gasteiger partial charge >= 0.3 is 0 Å². The Morgan fingerprint density at radius 1 is 1.04 bits per heavy atom. The minimum absolute atomic E-state index is 0.428. The first-order valence-electron chi connectivity index (χ1n) is 8.09. The summed E-state index contributed by atoms with van der Waals surface area (Å²) in [5.74, 6) is 0.608. The first-order chi connectivity index (χ1) is 11.7. The molecule has 0 spiro atoms. The maximum Gasteiger partial charge on any atom is 0.218 e. The van der Waals surface area contributed by atoms with Crippen molar-refractivity contribution in [2.45, 2.75) is 44.8 Å². The zero-order valence-electron chi connectivity index (χ0n) is 14.0. The third-order valence-corrected chi connectivity index (χ3v) is 5.40. The Balaban J connectivity index is 1.51. The number of fused-ring (bicyclic) bond motifs is 1. The highest BCUT2D eigenvalue weighted by Gasteiger charge is 2.09. The zero-order chi connectivity index (χ0) is 16.9. The van der Waals surface area contributed by atoms with Crippen molar-refractivity contribution in [3.63, 3.8) is 0 Å². The lowest BCUT2D eigenvalue weighted by Gasteiger charge is -2.07. The molecular weight excluding hydrogens is 322 g/mol. The van der Waals surface area contributed by atoms with Gasteiger partial charge in [-0.05, 0) is 38.3 Å². The molecule has 24 heavy (non-hydrogen) atoms. The van der Waals surface area contributed by atoms with Gasteiger partial charge < -0.3 is 4.57 Å². The maximum absolute atomic E-state index is 12.1. The largest absolute Gasteiger partial charge is 0.330 e. The lowest BCUT2D eigenvalue weighted by Crippen LogP contribution is -2.04. The van der Waals surface area contributed by atoms with E-state index in [1.165, 1.54) is 11.1 Å². The molecule has 3 aromatic heterocycles. The van der Waals surface area contributed by atoms with Gasteiger partial charge in [-0.1, -0.05) is 6.42 Å². The Morgan fingerprint density at radius 2 is 1.83 bits per heavy atom. The van der Waals surface area contributed by atoms with Gasteiger partial charge in [-0.3, -0.25) is 9.19 Å². The molecule has 0 radical (unpaired) electrons. The third kappa shape index (κ3) is 3.67. The highest BCUT2D eigenvalue weighted by Crippen LogP contribution is 2.19. The molecule has 3 aromatic rings. The number of imidazole rings is 1. The summed E-state index contributed by atoms with van der Waals surface area (Å²) in [6, 6.07) is 1.73. The summed E-state index contributed by atoms with van der Waals surface area (Å²) in [7, 11) is -1.10. The fourth-order valence-electron chi connectivity index (χ4n) is 2.68. The number of aryl methyl sites for hydroxylation is 3. The van der Waals surface area contributed by atoms with E-state index in [0.717, 1.165) is 37.0 Å². The Labute approximate surface area is 143 Å². The van der Waals surface area contributed by atoms with Crippen molar-refractivity contribution in [3.05, 3.63) is 42.2 Å². The molecular formula is C17H21N5OS. The molecule has 0 fully saturated rings. The Kier molecular flexibility index (Phi) is 5.30. The van der Waals surface area contributed by atoms with Gasteiger partial charge in [-0.15, -0.1) is 0 Å². The Hall–Kier alpha value is -2.15. The molecule has 7 heteroatoms. The average molecular weight is 343 g/mol. The molecule has 0 bridgehead atoms. The van der Waals surface area contributed by atoms with Gasteiger partial charge in [0.05, 0.1) is 28.8 Å². The second-order valence-electron chi connectivity index (χ2n) is 5.78. The van der Waals surface area contributed by atoms with Crippen LogP contribution in [-0.2, 0) is 17.3 Å². The third-order valence-electron chi connectivity index (χ3n) is 4.12. The van der Waals surface area contributed by atoms with E-state index in [2.05, 4.69) is 31.4 Å². The van der Waals surface area contributed by atoms with Crippen molar-refractivity contribution >= 4 is 21.8 Å². The highest BCUT2D eigenvalue weighted by molar-refractivity contribution is 7.84. The molecule has 3 heterocycles. The lowest BCUT2D eigenvalue weighted by atomic mass is 10.2. The van der Waals surface area contributed by atoms with Crippen molar-refractivity contribution in [3.8, 4) is 0 Å². The highest BCUT2D eigenvalue weighted by atomic mass is 32.2. The van der Waals surface area contributed by atoms with E-state index in [4.69, 9.17) is 0 Å². The van der Waals surface area contributed by atoms with Crippen LogP contribution in [0.25, 0.3) is 11.0 Å². The lowest BCUT2D eigenvalue weighted by molar-refractivity contribution is 0.609. The Bertz CT molecular complexity index is 847. The van der Waals surface area contributed by atoms with E-state index in [1.807, 2.05) is 19.4 Å². The minimum atomic E-state index is -1.10. The predicted molar refractivity (Wildman–Crippen MR) is 94.2 cm³/mol. The quantitative estimate of drug-likeness (QED) is 0.487.